The summed E-state index contributed by atoms with van der Waals surface area (Å²) < 4.78 is 5.32. The zero-order chi connectivity index (χ0) is 17.6. The van der Waals surface area contributed by atoms with Crippen molar-refractivity contribution in [2.75, 3.05) is 6.54 Å². The summed E-state index contributed by atoms with van der Waals surface area (Å²) in [7, 11) is 0. The Bertz CT molecular complexity index is 988. The number of thiophene rings is 1. The molecule has 0 amide bonds. The Morgan fingerprint density at radius 1 is 1.32 bits per heavy atom. The number of hydrogen-bond acceptors (Lipinski definition) is 4. The van der Waals surface area contributed by atoms with Crippen molar-refractivity contribution in [1.82, 2.24) is 0 Å². The molecule has 4 rings (SSSR count). The van der Waals surface area contributed by atoms with Crippen LogP contribution in [0.2, 0.25) is 0 Å². The summed E-state index contributed by atoms with van der Waals surface area (Å²) in [6.45, 7) is 6.12. The van der Waals surface area contributed by atoms with Crippen LogP contribution in [0.5, 0.6) is 5.75 Å². The van der Waals surface area contributed by atoms with E-state index in [4.69, 9.17) is 4.42 Å². The first kappa shape index (κ1) is 16.4. The molecule has 5 heteroatoms. The first-order chi connectivity index (χ1) is 12.1. The standard InChI is InChI=1S/C20H21NO3S/c1-3-13-8-16-14(9-20(23)24-18(16)10-17(13)22)11-21-6-4-19-15(12(21)2)5-7-25-19/h5,7-10,12,22H,3-4,6,11H2,1-2H3/p+1/t12-/m1/s1. The van der Waals surface area contributed by atoms with Crippen LogP contribution in [0.25, 0.3) is 11.0 Å². The Morgan fingerprint density at radius 3 is 2.96 bits per heavy atom. The van der Waals surface area contributed by atoms with E-state index in [2.05, 4.69) is 18.4 Å². The summed E-state index contributed by atoms with van der Waals surface area (Å²) in [5.74, 6) is 0.192. The smallest absolute Gasteiger partial charge is 0.336 e. The molecule has 1 aliphatic rings. The van der Waals surface area contributed by atoms with E-state index in [0.29, 0.717) is 11.6 Å². The summed E-state index contributed by atoms with van der Waals surface area (Å²) in [4.78, 5) is 14.9. The van der Waals surface area contributed by atoms with Crippen LogP contribution in [-0.4, -0.2) is 11.7 Å². The minimum absolute atomic E-state index is 0.192. The summed E-state index contributed by atoms with van der Waals surface area (Å²) in [6.07, 6.45) is 1.83. The van der Waals surface area contributed by atoms with Crippen LogP contribution in [0.1, 0.15) is 41.5 Å². The molecule has 0 radical (unpaired) electrons. The molecule has 3 heterocycles. The maximum atomic E-state index is 12.0. The third-order valence-corrected chi connectivity index (χ3v) is 6.36. The van der Waals surface area contributed by atoms with Gasteiger partial charge in [0.05, 0.1) is 6.54 Å². The number of quaternary nitrogens is 1. The monoisotopic (exact) mass is 356 g/mol. The van der Waals surface area contributed by atoms with E-state index in [9.17, 15) is 9.90 Å². The minimum Gasteiger partial charge on any atom is -0.508 e. The van der Waals surface area contributed by atoms with E-state index < -0.39 is 0 Å². The Balaban J connectivity index is 1.75. The van der Waals surface area contributed by atoms with Gasteiger partial charge < -0.3 is 14.4 Å². The van der Waals surface area contributed by atoms with Gasteiger partial charge in [0.15, 0.2) is 0 Å². The zero-order valence-electron chi connectivity index (χ0n) is 14.5. The molecule has 0 saturated heterocycles. The largest absolute Gasteiger partial charge is 0.508 e. The van der Waals surface area contributed by atoms with E-state index in [1.807, 2.05) is 24.3 Å². The van der Waals surface area contributed by atoms with Crippen LogP contribution in [-0.2, 0) is 19.4 Å². The Morgan fingerprint density at radius 2 is 2.16 bits per heavy atom. The predicted octanol–water partition coefficient (Wildman–Crippen LogP) is 2.82. The summed E-state index contributed by atoms with van der Waals surface area (Å²) >= 11 is 1.84. The lowest BCUT2D eigenvalue weighted by Gasteiger charge is -2.30. The van der Waals surface area contributed by atoms with Gasteiger partial charge in [0, 0.05) is 39.9 Å². The second kappa shape index (κ2) is 6.32. The minimum atomic E-state index is -0.355. The third kappa shape index (κ3) is 2.87. The van der Waals surface area contributed by atoms with Crippen molar-refractivity contribution in [2.45, 2.75) is 39.3 Å². The lowest BCUT2D eigenvalue weighted by Crippen LogP contribution is -3.11. The number of hydrogen-bond donors (Lipinski definition) is 2. The van der Waals surface area contributed by atoms with Gasteiger partial charge in [-0.1, -0.05) is 6.92 Å². The number of rotatable bonds is 3. The van der Waals surface area contributed by atoms with Crippen molar-refractivity contribution in [1.29, 1.82) is 0 Å². The molecular formula is C20H22NO3S+. The predicted molar refractivity (Wildman–Crippen MR) is 99.5 cm³/mol. The van der Waals surface area contributed by atoms with Gasteiger partial charge in [0.2, 0.25) is 0 Å². The van der Waals surface area contributed by atoms with E-state index in [1.54, 1.807) is 12.1 Å². The Kier molecular flexibility index (Phi) is 4.13. The van der Waals surface area contributed by atoms with Crippen LogP contribution < -0.4 is 10.5 Å². The number of aryl methyl sites for hydroxylation is 1. The number of benzene rings is 1. The van der Waals surface area contributed by atoms with Crippen LogP contribution in [0.3, 0.4) is 0 Å². The highest BCUT2D eigenvalue weighted by Crippen LogP contribution is 2.28. The molecule has 4 nitrogen and oxygen atoms in total. The first-order valence-electron chi connectivity index (χ1n) is 8.76. The second-order valence-corrected chi connectivity index (χ2v) is 7.78. The highest BCUT2D eigenvalue weighted by molar-refractivity contribution is 7.10. The van der Waals surface area contributed by atoms with Gasteiger partial charge in [-0.3, -0.25) is 0 Å². The number of phenols is 1. The molecule has 0 bridgehead atoms. The fraction of sp³-hybridized carbons (Fsp3) is 0.350. The van der Waals surface area contributed by atoms with Crippen LogP contribution in [0.15, 0.2) is 38.9 Å². The quantitative estimate of drug-likeness (QED) is 0.710. The van der Waals surface area contributed by atoms with Gasteiger partial charge in [0.1, 0.15) is 23.9 Å². The molecule has 1 aliphatic heterocycles. The van der Waals surface area contributed by atoms with E-state index >= 15 is 0 Å². The molecule has 0 saturated carbocycles. The molecule has 1 aromatic carbocycles. The molecule has 3 aromatic rings. The lowest BCUT2D eigenvalue weighted by atomic mass is 9.99. The van der Waals surface area contributed by atoms with Crippen LogP contribution in [0, 0.1) is 0 Å². The Hall–Kier alpha value is -2.11. The highest BCUT2D eigenvalue weighted by Gasteiger charge is 2.28. The fourth-order valence-corrected chi connectivity index (χ4v) is 4.85. The fourth-order valence-electron chi connectivity index (χ4n) is 3.87. The third-order valence-electron chi connectivity index (χ3n) is 5.36. The molecule has 0 fully saturated rings. The van der Waals surface area contributed by atoms with E-state index in [0.717, 1.165) is 42.4 Å². The summed E-state index contributed by atoms with van der Waals surface area (Å²) in [5, 5.41) is 13.2. The molecule has 0 spiro atoms. The average molecular weight is 356 g/mol. The lowest BCUT2D eigenvalue weighted by molar-refractivity contribution is -0.945. The SMILES string of the molecule is CCc1cc2c(C[NH+]3CCc4sccc4[C@H]3C)cc(=O)oc2cc1O. The van der Waals surface area contributed by atoms with Gasteiger partial charge in [0.25, 0.3) is 0 Å². The van der Waals surface area contributed by atoms with E-state index in [-0.39, 0.29) is 11.4 Å². The van der Waals surface area contributed by atoms with Crippen molar-refractivity contribution in [3.05, 3.63) is 61.6 Å². The Labute approximate surface area is 150 Å². The number of nitrogens with one attached hydrogen (secondary N) is 1. The summed E-state index contributed by atoms with van der Waals surface area (Å²) in [5.41, 5.74) is 3.43. The molecular weight excluding hydrogens is 334 g/mol. The molecule has 130 valence electrons. The molecule has 2 N–H and O–H groups in total. The maximum absolute atomic E-state index is 12.0. The highest BCUT2D eigenvalue weighted by atomic mass is 32.1. The average Bonchev–Trinajstić information content (AvgIpc) is 3.06. The number of aromatic hydroxyl groups is 1. The first-order valence-corrected chi connectivity index (χ1v) is 9.64. The molecule has 2 atom stereocenters. The topological polar surface area (TPSA) is 54.9 Å². The molecule has 0 aliphatic carbocycles. The van der Waals surface area contributed by atoms with Gasteiger partial charge in [-0.15, -0.1) is 11.3 Å². The van der Waals surface area contributed by atoms with Crippen molar-refractivity contribution < 1.29 is 14.4 Å². The zero-order valence-corrected chi connectivity index (χ0v) is 15.3. The van der Waals surface area contributed by atoms with Crippen LogP contribution >= 0.6 is 11.3 Å². The van der Waals surface area contributed by atoms with Crippen molar-refractivity contribution in [2.24, 2.45) is 0 Å². The number of fused-ring (bicyclic) bond motifs is 2. The van der Waals surface area contributed by atoms with E-state index in [1.165, 1.54) is 15.3 Å². The van der Waals surface area contributed by atoms with Gasteiger partial charge in [-0.25, -0.2) is 4.79 Å². The normalized spacial score (nSPS) is 19.9. The van der Waals surface area contributed by atoms with Gasteiger partial charge >= 0.3 is 5.63 Å². The van der Waals surface area contributed by atoms with Crippen molar-refractivity contribution in [3.63, 3.8) is 0 Å². The molecule has 25 heavy (non-hydrogen) atoms. The second-order valence-electron chi connectivity index (χ2n) is 6.78. The van der Waals surface area contributed by atoms with Gasteiger partial charge in [-0.2, -0.15) is 0 Å². The van der Waals surface area contributed by atoms with Crippen molar-refractivity contribution >= 4 is 22.3 Å². The van der Waals surface area contributed by atoms with Gasteiger partial charge in [-0.05, 0) is 36.4 Å². The maximum Gasteiger partial charge on any atom is 0.336 e. The van der Waals surface area contributed by atoms with Crippen LogP contribution in [0.4, 0.5) is 0 Å². The molecule has 2 aromatic heterocycles. The van der Waals surface area contributed by atoms with Crippen molar-refractivity contribution in [3.8, 4) is 5.75 Å². The summed E-state index contributed by atoms with van der Waals surface area (Å²) in [6, 6.07) is 7.80. The number of phenolic OH excluding ortho intramolecular Hbond substituents is 1. The molecule has 1 unspecified atom stereocenters.